The molecule has 3 aliphatic rings. The van der Waals surface area contributed by atoms with Gasteiger partial charge in [0.1, 0.15) is 0 Å². The highest BCUT2D eigenvalue weighted by Gasteiger charge is 2.73. The number of hydrogen-bond acceptors (Lipinski definition) is 6. The van der Waals surface area contributed by atoms with E-state index < -0.39 is 28.9 Å². The molecule has 0 amide bonds. The van der Waals surface area contributed by atoms with Gasteiger partial charge in [-0.25, -0.2) is 0 Å². The fourth-order valence-electron chi connectivity index (χ4n) is 5.38. The van der Waals surface area contributed by atoms with E-state index in [-0.39, 0.29) is 43.9 Å². The average molecular weight is 398 g/mol. The molecule has 2 bridgehead atoms. The average Bonchev–Trinajstić information content (AvgIpc) is 3.37. The Hall–Kier alpha value is -2.47. The van der Waals surface area contributed by atoms with Crippen LogP contribution in [-0.4, -0.2) is 42.6 Å². The van der Waals surface area contributed by atoms with Crippen LogP contribution < -0.4 is 0 Å². The van der Waals surface area contributed by atoms with Gasteiger partial charge in [0.2, 0.25) is 0 Å². The van der Waals surface area contributed by atoms with Crippen molar-refractivity contribution in [2.24, 2.45) is 17.3 Å². The third kappa shape index (κ3) is 2.92. The van der Waals surface area contributed by atoms with Gasteiger partial charge in [-0.15, -0.1) is 0 Å². The van der Waals surface area contributed by atoms with Crippen LogP contribution in [0.3, 0.4) is 0 Å². The molecule has 154 valence electrons. The van der Waals surface area contributed by atoms with E-state index in [2.05, 4.69) is 0 Å². The normalized spacial score (nSPS) is 30.8. The van der Waals surface area contributed by atoms with Crippen LogP contribution in [0.25, 0.3) is 0 Å². The summed E-state index contributed by atoms with van der Waals surface area (Å²) in [5, 5.41) is 0. The van der Waals surface area contributed by atoms with E-state index in [1.54, 1.807) is 38.1 Å². The minimum absolute atomic E-state index is 0.00913. The lowest BCUT2D eigenvalue weighted by Gasteiger charge is -2.36. The van der Waals surface area contributed by atoms with Gasteiger partial charge in [-0.1, -0.05) is 42.5 Å². The van der Waals surface area contributed by atoms with Gasteiger partial charge in [0.15, 0.2) is 11.2 Å². The van der Waals surface area contributed by atoms with Crippen molar-refractivity contribution < 1.29 is 28.6 Å². The predicted octanol–water partition coefficient (Wildman–Crippen LogP) is 3.11. The molecule has 0 aromatic heterocycles. The Bertz CT molecular complexity index is 826. The molecule has 1 spiro atoms. The molecule has 1 saturated carbocycles. The maximum atomic E-state index is 13.2. The summed E-state index contributed by atoms with van der Waals surface area (Å²) in [6.45, 7) is 3.71. The van der Waals surface area contributed by atoms with Crippen LogP contribution in [0.5, 0.6) is 0 Å². The van der Waals surface area contributed by atoms with Gasteiger partial charge in [0.25, 0.3) is 0 Å². The first-order chi connectivity index (χ1) is 14.0. The Labute approximate surface area is 170 Å². The van der Waals surface area contributed by atoms with Gasteiger partial charge in [-0.3, -0.25) is 14.4 Å². The lowest BCUT2D eigenvalue weighted by Crippen LogP contribution is -2.50. The quantitative estimate of drug-likeness (QED) is 0.304. The number of hydrogen-bond donors (Lipinski definition) is 0. The maximum Gasteiger partial charge on any atom is 0.323 e. The number of carbonyl (C=O) groups excluding carboxylic acids is 3. The van der Waals surface area contributed by atoms with Gasteiger partial charge in [-0.05, 0) is 32.6 Å². The number of fused-ring (bicyclic) bond motifs is 1. The zero-order valence-corrected chi connectivity index (χ0v) is 16.8. The second kappa shape index (κ2) is 7.41. The second-order valence-corrected chi connectivity index (χ2v) is 7.96. The molecule has 1 saturated heterocycles. The first kappa shape index (κ1) is 19.8. The molecule has 2 heterocycles. The number of esters is 2. The molecule has 4 atom stereocenters. The van der Waals surface area contributed by atoms with Crippen molar-refractivity contribution in [2.75, 3.05) is 13.2 Å². The van der Waals surface area contributed by atoms with Crippen molar-refractivity contribution in [3.63, 3.8) is 0 Å². The third-order valence-corrected chi connectivity index (χ3v) is 6.55. The smallest absolute Gasteiger partial charge is 0.323 e. The highest BCUT2D eigenvalue weighted by molar-refractivity contribution is 6.03. The van der Waals surface area contributed by atoms with E-state index in [4.69, 9.17) is 14.2 Å². The van der Waals surface area contributed by atoms with Crippen LogP contribution in [0, 0.1) is 17.3 Å². The lowest BCUT2D eigenvalue weighted by molar-refractivity contribution is -0.179. The second-order valence-electron chi connectivity index (χ2n) is 7.96. The molecule has 0 N–H and O–H groups in total. The molecular weight excluding hydrogens is 372 g/mol. The number of ketones is 1. The summed E-state index contributed by atoms with van der Waals surface area (Å²) in [5.41, 5.74) is -1.81. The summed E-state index contributed by atoms with van der Waals surface area (Å²) >= 11 is 0. The van der Waals surface area contributed by atoms with Crippen molar-refractivity contribution in [3.05, 3.63) is 48.0 Å². The Balaban J connectivity index is 1.78. The minimum Gasteiger partial charge on any atom is -0.465 e. The Morgan fingerprint density at radius 1 is 1.07 bits per heavy atom. The molecule has 6 nitrogen and oxygen atoms in total. The van der Waals surface area contributed by atoms with Crippen LogP contribution in [0.4, 0.5) is 0 Å². The number of rotatable bonds is 7. The predicted molar refractivity (Wildman–Crippen MR) is 104 cm³/mol. The Kier molecular flexibility index (Phi) is 5.07. The van der Waals surface area contributed by atoms with Crippen LogP contribution >= 0.6 is 0 Å². The fourth-order valence-corrected chi connectivity index (χ4v) is 5.38. The van der Waals surface area contributed by atoms with E-state index in [1.165, 1.54) is 0 Å². The molecule has 29 heavy (non-hydrogen) atoms. The summed E-state index contributed by atoms with van der Waals surface area (Å²) in [4.78, 5) is 39.5. The van der Waals surface area contributed by atoms with Gasteiger partial charge in [-0.2, -0.15) is 0 Å². The SMILES string of the molecule is CCOC(=O)C1(C(=O)OCC)C[C@@H]2C[C@H]3C=C[C@@]2(O3)[C@H]1CC(=O)c1ccccc1. The van der Waals surface area contributed by atoms with Crippen LogP contribution in [0.15, 0.2) is 42.5 Å². The summed E-state index contributed by atoms with van der Waals surface area (Å²) in [5.74, 6) is -2.06. The molecular formula is C23H26O6. The molecule has 2 aliphatic heterocycles. The minimum atomic E-state index is -1.54. The van der Waals surface area contributed by atoms with Crippen molar-refractivity contribution in [3.8, 4) is 0 Å². The molecule has 1 aromatic rings. The highest BCUT2D eigenvalue weighted by Crippen LogP contribution is 2.64. The highest BCUT2D eigenvalue weighted by atomic mass is 16.6. The van der Waals surface area contributed by atoms with Gasteiger partial charge < -0.3 is 14.2 Å². The Morgan fingerprint density at radius 2 is 1.72 bits per heavy atom. The molecule has 1 aromatic carbocycles. The largest absolute Gasteiger partial charge is 0.465 e. The van der Waals surface area contributed by atoms with E-state index >= 15 is 0 Å². The molecule has 4 rings (SSSR count). The number of ether oxygens (including phenoxy) is 3. The monoisotopic (exact) mass is 398 g/mol. The first-order valence-corrected chi connectivity index (χ1v) is 10.3. The van der Waals surface area contributed by atoms with E-state index in [1.807, 2.05) is 18.2 Å². The zero-order chi connectivity index (χ0) is 20.6. The summed E-state index contributed by atoms with van der Waals surface area (Å²) in [6.07, 6.45) is 4.91. The molecule has 6 heteroatoms. The van der Waals surface area contributed by atoms with Crippen molar-refractivity contribution >= 4 is 17.7 Å². The van der Waals surface area contributed by atoms with Crippen LogP contribution in [0.1, 0.15) is 43.5 Å². The molecule has 2 fully saturated rings. The van der Waals surface area contributed by atoms with E-state index in [0.29, 0.717) is 5.56 Å². The Morgan fingerprint density at radius 3 is 2.31 bits per heavy atom. The summed E-state index contributed by atoms with van der Waals surface area (Å²) in [7, 11) is 0. The van der Waals surface area contributed by atoms with Crippen LogP contribution in [-0.2, 0) is 23.8 Å². The number of benzene rings is 1. The van der Waals surface area contributed by atoms with Gasteiger partial charge >= 0.3 is 11.9 Å². The third-order valence-electron chi connectivity index (χ3n) is 6.55. The van der Waals surface area contributed by atoms with Crippen molar-refractivity contribution in [2.45, 2.75) is 44.8 Å². The lowest BCUT2D eigenvalue weighted by atomic mass is 9.70. The molecule has 0 unspecified atom stereocenters. The molecule has 1 aliphatic carbocycles. The summed E-state index contributed by atoms with van der Waals surface area (Å²) < 4.78 is 17.0. The maximum absolute atomic E-state index is 13.2. The topological polar surface area (TPSA) is 78.9 Å². The standard InChI is InChI=1S/C23H26O6/c1-3-27-20(25)22(21(26)28-4-2)14-16-12-17-10-11-23(16,29-17)19(22)13-18(24)15-8-6-5-7-9-15/h5-11,16-17,19H,3-4,12-14H2,1-2H3/t16-,17+,19-,23-/m0/s1. The fraction of sp³-hybridized carbons (Fsp3) is 0.522. The van der Waals surface area contributed by atoms with Crippen molar-refractivity contribution in [1.29, 1.82) is 0 Å². The first-order valence-electron chi connectivity index (χ1n) is 10.3. The van der Waals surface area contributed by atoms with E-state index in [9.17, 15) is 14.4 Å². The summed E-state index contributed by atoms with van der Waals surface area (Å²) in [6, 6.07) is 8.92. The zero-order valence-electron chi connectivity index (χ0n) is 16.8. The number of Topliss-reactive ketones (excluding diaryl/α,β-unsaturated/α-hetero) is 1. The van der Waals surface area contributed by atoms with Gasteiger partial charge in [0.05, 0.1) is 24.9 Å². The van der Waals surface area contributed by atoms with E-state index in [0.717, 1.165) is 6.42 Å². The van der Waals surface area contributed by atoms with Gasteiger partial charge in [0, 0.05) is 17.9 Å². The van der Waals surface area contributed by atoms with Crippen molar-refractivity contribution in [1.82, 2.24) is 0 Å². The van der Waals surface area contributed by atoms with Crippen LogP contribution in [0.2, 0.25) is 0 Å². The molecule has 0 radical (unpaired) electrons. The number of carbonyl (C=O) groups is 3.